The number of piperidine rings is 3. The monoisotopic (exact) mass is 314 g/mol. The molecule has 5 heteroatoms. The van der Waals surface area contributed by atoms with E-state index in [0.717, 1.165) is 32.5 Å². The average Bonchev–Trinajstić information content (AvgIpc) is 3.04. The number of hydrogen-bond donors (Lipinski definition) is 1. The first-order valence-electron chi connectivity index (χ1n) is 8.08. The lowest BCUT2D eigenvalue weighted by molar-refractivity contribution is -0.125. The molecule has 1 aromatic heterocycles. The van der Waals surface area contributed by atoms with Crippen LogP contribution in [0.2, 0.25) is 0 Å². The van der Waals surface area contributed by atoms with Crippen molar-refractivity contribution in [2.45, 2.75) is 12.8 Å². The van der Waals surface area contributed by atoms with Crippen molar-refractivity contribution in [3.8, 4) is 11.3 Å². The lowest BCUT2D eigenvalue weighted by Gasteiger charge is -2.43. The molecule has 3 fully saturated rings. The highest BCUT2D eigenvalue weighted by molar-refractivity contribution is 5.92. The minimum atomic E-state index is -0.309. The Labute approximate surface area is 134 Å². The highest BCUT2D eigenvalue weighted by Gasteiger charge is 2.38. The second-order valence-corrected chi connectivity index (χ2v) is 6.41. The number of benzene rings is 1. The molecule has 0 spiro atoms. The summed E-state index contributed by atoms with van der Waals surface area (Å²) in [7, 11) is 0. The average molecular weight is 314 g/mol. The minimum absolute atomic E-state index is 0.0274. The van der Waals surface area contributed by atoms with E-state index in [-0.39, 0.29) is 17.6 Å². The standard InChI is InChI=1S/C18H19FN2O2/c19-14-3-1-2-13(10-14)16-4-5-17(23-16)20-18(22)15-11-21-8-6-12(15)7-9-21/h1-5,10,12,15H,6-9,11H2,(H,20,22). The van der Waals surface area contributed by atoms with E-state index < -0.39 is 0 Å². The van der Waals surface area contributed by atoms with Crippen molar-refractivity contribution >= 4 is 11.8 Å². The second-order valence-electron chi connectivity index (χ2n) is 6.41. The summed E-state index contributed by atoms with van der Waals surface area (Å²) in [6, 6.07) is 9.69. The van der Waals surface area contributed by atoms with Crippen molar-refractivity contribution in [3.05, 3.63) is 42.2 Å². The van der Waals surface area contributed by atoms with E-state index in [2.05, 4.69) is 10.2 Å². The third-order valence-corrected chi connectivity index (χ3v) is 4.95. The number of rotatable bonds is 3. The Morgan fingerprint density at radius 1 is 1.22 bits per heavy atom. The second kappa shape index (κ2) is 5.81. The van der Waals surface area contributed by atoms with Crippen LogP contribution in [-0.2, 0) is 4.79 Å². The molecular formula is C18H19FN2O2. The molecule has 3 saturated heterocycles. The predicted molar refractivity (Wildman–Crippen MR) is 85.4 cm³/mol. The van der Waals surface area contributed by atoms with Crippen molar-refractivity contribution in [1.29, 1.82) is 0 Å². The van der Waals surface area contributed by atoms with Crippen LogP contribution in [0.4, 0.5) is 10.3 Å². The first-order chi connectivity index (χ1) is 11.2. The molecule has 23 heavy (non-hydrogen) atoms. The first-order valence-corrected chi connectivity index (χ1v) is 8.08. The molecular weight excluding hydrogens is 295 g/mol. The summed E-state index contributed by atoms with van der Waals surface area (Å²) in [5.41, 5.74) is 0.660. The molecule has 1 unspecified atom stereocenters. The van der Waals surface area contributed by atoms with Crippen molar-refractivity contribution in [1.82, 2.24) is 4.90 Å². The molecule has 120 valence electrons. The van der Waals surface area contributed by atoms with E-state index in [1.165, 1.54) is 12.1 Å². The number of furan rings is 1. The van der Waals surface area contributed by atoms with Crippen LogP contribution in [0.15, 0.2) is 40.8 Å². The molecule has 2 aromatic rings. The van der Waals surface area contributed by atoms with E-state index >= 15 is 0 Å². The normalized spacial score (nSPS) is 26.2. The smallest absolute Gasteiger partial charge is 0.231 e. The Balaban J connectivity index is 1.46. The van der Waals surface area contributed by atoms with Crippen molar-refractivity contribution in [2.24, 2.45) is 11.8 Å². The van der Waals surface area contributed by atoms with Gasteiger partial charge in [0.2, 0.25) is 5.91 Å². The summed E-state index contributed by atoms with van der Waals surface area (Å²) in [6.45, 7) is 3.06. The van der Waals surface area contributed by atoms with Crippen LogP contribution < -0.4 is 5.32 Å². The maximum Gasteiger partial charge on any atom is 0.231 e. The Bertz CT molecular complexity index is 719. The fraction of sp³-hybridized carbons (Fsp3) is 0.389. The van der Waals surface area contributed by atoms with Gasteiger partial charge in [-0.05, 0) is 50.0 Å². The van der Waals surface area contributed by atoms with E-state index in [9.17, 15) is 9.18 Å². The predicted octanol–water partition coefficient (Wildman–Crippen LogP) is 3.37. The van der Waals surface area contributed by atoms with Crippen molar-refractivity contribution in [3.63, 3.8) is 0 Å². The lowest BCUT2D eigenvalue weighted by Crippen LogP contribution is -2.51. The summed E-state index contributed by atoms with van der Waals surface area (Å²) in [5.74, 6) is 1.22. The topological polar surface area (TPSA) is 45.5 Å². The number of anilines is 1. The largest absolute Gasteiger partial charge is 0.440 e. The van der Waals surface area contributed by atoms with Gasteiger partial charge < -0.3 is 9.32 Å². The van der Waals surface area contributed by atoms with Crippen LogP contribution in [-0.4, -0.2) is 30.4 Å². The number of carbonyl (C=O) groups excluding carboxylic acids is 1. The number of hydrogen-bond acceptors (Lipinski definition) is 3. The van der Waals surface area contributed by atoms with Crippen molar-refractivity contribution in [2.75, 3.05) is 25.0 Å². The van der Waals surface area contributed by atoms with Gasteiger partial charge in [0.25, 0.3) is 0 Å². The zero-order valence-corrected chi connectivity index (χ0v) is 12.8. The van der Waals surface area contributed by atoms with E-state index in [0.29, 0.717) is 23.1 Å². The summed E-state index contributed by atoms with van der Waals surface area (Å²) in [5, 5.41) is 2.88. The molecule has 1 amide bonds. The number of fused-ring (bicyclic) bond motifs is 3. The van der Waals surface area contributed by atoms with Crippen LogP contribution in [0.3, 0.4) is 0 Å². The van der Waals surface area contributed by atoms with Gasteiger partial charge in [0.15, 0.2) is 5.88 Å². The fourth-order valence-corrected chi connectivity index (χ4v) is 3.68. The number of nitrogens with zero attached hydrogens (tertiary/aromatic N) is 1. The van der Waals surface area contributed by atoms with Crippen LogP contribution in [0.1, 0.15) is 12.8 Å². The third kappa shape index (κ3) is 2.88. The number of halogens is 1. The Morgan fingerprint density at radius 3 is 2.74 bits per heavy atom. The van der Waals surface area contributed by atoms with Gasteiger partial charge in [0, 0.05) is 18.2 Å². The minimum Gasteiger partial charge on any atom is -0.440 e. The molecule has 4 heterocycles. The van der Waals surface area contributed by atoms with E-state index in [1.54, 1.807) is 24.3 Å². The summed E-state index contributed by atoms with van der Waals surface area (Å²) in [4.78, 5) is 14.9. The van der Waals surface area contributed by atoms with E-state index in [1.807, 2.05) is 0 Å². The van der Waals surface area contributed by atoms with Gasteiger partial charge in [-0.1, -0.05) is 12.1 Å². The summed E-state index contributed by atoms with van der Waals surface area (Å²) in [6.07, 6.45) is 2.20. The van der Waals surface area contributed by atoms with Crippen molar-refractivity contribution < 1.29 is 13.6 Å². The fourth-order valence-electron chi connectivity index (χ4n) is 3.68. The molecule has 4 nitrogen and oxygen atoms in total. The molecule has 5 rings (SSSR count). The van der Waals surface area contributed by atoms with Crippen LogP contribution >= 0.6 is 0 Å². The van der Waals surface area contributed by atoms with Crippen LogP contribution in [0, 0.1) is 17.7 Å². The molecule has 0 saturated carbocycles. The molecule has 0 aliphatic carbocycles. The molecule has 0 radical (unpaired) electrons. The molecule has 3 aliphatic heterocycles. The van der Waals surface area contributed by atoms with Gasteiger partial charge in [0.1, 0.15) is 11.6 Å². The zero-order valence-electron chi connectivity index (χ0n) is 12.8. The maximum atomic E-state index is 13.3. The maximum absolute atomic E-state index is 13.3. The van der Waals surface area contributed by atoms with Gasteiger partial charge in [0.05, 0.1) is 5.92 Å². The SMILES string of the molecule is O=C(Nc1ccc(-c2cccc(F)c2)o1)C1CN2CCC1CC2. The van der Waals surface area contributed by atoms with Crippen LogP contribution in [0.5, 0.6) is 0 Å². The van der Waals surface area contributed by atoms with Gasteiger partial charge in [-0.3, -0.25) is 10.1 Å². The summed E-state index contributed by atoms with van der Waals surface area (Å²) >= 11 is 0. The Hall–Kier alpha value is -2.14. The van der Waals surface area contributed by atoms with Crippen LogP contribution in [0.25, 0.3) is 11.3 Å². The van der Waals surface area contributed by atoms with Gasteiger partial charge in [-0.25, -0.2) is 4.39 Å². The molecule has 1 aromatic carbocycles. The molecule has 1 N–H and O–H groups in total. The van der Waals surface area contributed by atoms with Gasteiger partial charge in [-0.2, -0.15) is 0 Å². The first kappa shape index (κ1) is 14.5. The number of carbonyl (C=O) groups is 1. The zero-order chi connectivity index (χ0) is 15.8. The third-order valence-electron chi connectivity index (χ3n) is 4.95. The Morgan fingerprint density at radius 2 is 2.04 bits per heavy atom. The molecule has 2 bridgehead atoms. The molecule has 1 atom stereocenters. The highest BCUT2D eigenvalue weighted by atomic mass is 19.1. The molecule has 3 aliphatic rings. The van der Waals surface area contributed by atoms with E-state index in [4.69, 9.17) is 4.42 Å². The summed E-state index contributed by atoms with van der Waals surface area (Å²) < 4.78 is 18.9. The van der Waals surface area contributed by atoms with Gasteiger partial charge >= 0.3 is 0 Å². The lowest BCUT2D eigenvalue weighted by atomic mass is 9.78. The Kier molecular flexibility index (Phi) is 3.65. The van der Waals surface area contributed by atoms with Gasteiger partial charge in [-0.15, -0.1) is 0 Å². The highest BCUT2D eigenvalue weighted by Crippen LogP contribution is 2.33. The number of nitrogens with one attached hydrogen (secondary N) is 1. The quantitative estimate of drug-likeness (QED) is 0.945. The number of amides is 1.